The number of methoxy groups -OCH3 is 1. The van der Waals surface area contributed by atoms with Gasteiger partial charge < -0.3 is 16.2 Å². The maximum atomic E-state index is 5.83. The van der Waals surface area contributed by atoms with E-state index in [2.05, 4.69) is 32.0 Å². The van der Waals surface area contributed by atoms with Crippen molar-refractivity contribution in [2.45, 2.75) is 12.5 Å². The molecule has 1 aromatic heterocycles. The van der Waals surface area contributed by atoms with Gasteiger partial charge in [-0.05, 0) is 36.8 Å². The molecule has 0 aliphatic heterocycles. The van der Waals surface area contributed by atoms with E-state index >= 15 is 0 Å². The zero-order valence-corrected chi connectivity index (χ0v) is 15.6. The molecule has 1 unspecified atom stereocenters. The van der Waals surface area contributed by atoms with Gasteiger partial charge in [-0.2, -0.15) is 15.2 Å². The van der Waals surface area contributed by atoms with Crippen molar-refractivity contribution in [1.29, 1.82) is 0 Å². The number of aromatic nitrogens is 2. The molecule has 0 fully saturated rings. The molecule has 1 atom stereocenters. The number of ether oxygens (including phenoxy) is 1. The highest BCUT2D eigenvalue weighted by molar-refractivity contribution is 5.53. The van der Waals surface area contributed by atoms with Crippen LogP contribution in [0.1, 0.15) is 18.1 Å². The summed E-state index contributed by atoms with van der Waals surface area (Å²) in [5, 5.41) is 8.45. The third-order valence-corrected chi connectivity index (χ3v) is 4.14. The topological polar surface area (TPSA) is 112 Å². The van der Waals surface area contributed by atoms with Crippen LogP contribution in [0.15, 0.2) is 71.0 Å². The first kappa shape index (κ1) is 19.0. The number of rotatable bonds is 4. The average molecular weight is 372 g/mol. The van der Waals surface area contributed by atoms with Crippen LogP contribution < -0.4 is 11.5 Å². The molecule has 7 nitrogen and oxygen atoms in total. The van der Waals surface area contributed by atoms with Gasteiger partial charge in [0.1, 0.15) is 5.82 Å². The molecule has 0 amide bonds. The SMILES string of the molecule is COC(C)(C#Cc1cnc(N)nc1N)c1ccc(N=Nc2ccccc2)cc1. The van der Waals surface area contributed by atoms with Crippen molar-refractivity contribution in [1.82, 2.24) is 9.97 Å². The summed E-state index contributed by atoms with van der Waals surface area (Å²) in [7, 11) is 1.60. The number of hydrogen-bond acceptors (Lipinski definition) is 7. The maximum Gasteiger partial charge on any atom is 0.221 e. The van der Waals surface area contributed by atoms with Gasteiger partial charge in [0.05, 0.1) is 23.1 Å². The fourth-order valence-electron chi connectivity index (χ4n) is 2.39. The maximum absolute atomic E-state index is 5.83. The van der Waals surface area contributed by atoms with Crippen LogP contribution in [-0.4, -0.2) is 17.1 Å². The quantitative estimate of drug-likeness (QED) is 0.531. The highest BCUT2D eigenvalue weighted by Crippen LogP contribution is 2.27. The summed E-state index contributed by atoms with van der Waals surface area (Å²) in [5.74, 6) is 6.40. The number of nitrogen functional groups attached to an aromatic ring is 2. The van der Waals surface area contributed by atoms with Gasteiger partial charge in [-0.25, -0.2) is 4.98 Å². The number of hydrogen-bond donors (Lipinski definition) is 2. The van der Waals surface area contributed by atoms with Crippen LogP contribution in [0, 0.1) is 11.8 Å². The fourth-order valence-corrected chi connectivity index (χ4v) is 2.39. The zero-order chi connectivity index (χ0) is 20.0. The summed E-state index contributed by atoms with van der Waals surface area (Å²) >= 11 is 0. The van der Waals surface area contributed by atoms with E-state index in [1.54, 1.807) is 7.11 Å². The average Bonchev–Trinajstić information content (AvgIpc) is 2.72. The predicted octanol–water partition coefficient (Wildman–Crippen LogP) is 3.97. The van der Waals surface area contributed by atoms with Crippen LogP contribution in [0.4, 0.5) is 23.1 Å². The van der Waals surface area contributed by atoms with Crippen molar-refractivity contribution in [3.05, 3.63) is 71.9 Å². The van der Waals surface area contributed by atoms with Crippen molar-refractivity contribution < 1.29 is 4.74 Å². The Morgan fingerprint density at radius 1 is 0.964 bits per heavy atom. The second-order valence-corrected chi connectivity index (χ2v) is 6.10. The largest absolute Gasteiger partial charge is 0.382 e. The standard InChI is InChI=1S/C21H20N6O/c1-21(28-2,13-12-15-14-24-20(23)25-19(15)22)16-8-10-18(11-9-16)27-26-17-6-4-3-5-7-17/h3-11,14H,1-2H3,(H4,22,23,24,25). The highest BCUT2D eigenvalue weighted by atomic mass is 16.5. The highest BCUT2D eigenvalue weighted by Gasteiger charge is 2.23. The van der Waals surface area contributed by atoms with E-state index in [0.29, 0.717) is 5.56 Å². The molecule has 4 N–H and O–H groups in total. The van der Waals surface area contributed by atoms with E-state index < -0.39 is 5.60 Å². The van der Waals surface area contributed by atoms with E-state index in [9.17, 15) is 0 Å². The van der Waals surface area contributed by atoms with Crippen molar-refractivity contribution in [2.75, 3.05) is 18.6 Å². The monoisotopic (exact) mass is 372 g/mol. The molecule has 3 rings (SSSR count). The molecule has 0 aliphatic carbocycles. The zero-order valence-electron chi connectivity index (χ0n) is 15.6. The molecule has 3 aromatic rings. The summed E-state index contributed by atoms with van der Waals surface area (Å²) in [6, 6.07) is 17.1. The summed E-state index contributed by atoms with van der Waals surface area (Å²) in [4.78, 5) is 7.82. The smallest absolute Gasteiger partial charge is 0.221 e. The van der Waals surface area contributed by atoms with Gasteiger partial charge in [-0.1, -0.05) is 42.2 Å². The van der Waals surface area contributed by atoms with Gasteiger partial charge in [0.2, 0.25) is 5.95 Å². The van der Waals surface area contributed by atoms with Crippen LogP contribution in [0.3, 0.4) is 0 Å². The Kier molecular flexibility index (Phi) is 5.63. The van der Waals surface area contributed by atoms with Crippen LogP contribution in [0.2, 0.25) is 0 Å². The summed E-state index contributed by atoms with van der Waals surface area (Å²) in [6.45, 7) is 1.87. The second-order valence-electron chi connectivity index (χ2n) is 6.10. The molecule has 0 radical (unpaired) electrons. The number of azo groups is 1. The molecule has 0 spiro atoms. The van der Waals surface area contributed by atoms with Crippen LogP contribution in [0.5, 0.6) is 0 Å². The Bertz CT molecular complexity index is 1040. The van der Waals surface area contributed by atoms with E-state index in [-0.39, 0.29) is 11.8 Å². The number of benzene rings is 2. The van der Waals surface area contributed by atoms with Crippen LogP contribution in [0.25, 0.3) is 0 Å². The van der Waals surface area contributed by atoms with Crippen molar-refractivity contribution >= 4 is 23.1 Å². The fraction of sp³-hybridized carbons (Fsp3) is 0.143. The third-order valence-electron chi connectivity index (χ3n) is 4.14. The van der Waals surface area contributed by atoms with Gasteiger partial charge in [-0.3, -0.25) is 0 Å². The van der Waals surface area contributed by atoms with Gasteiger partial charge in [0.15, 0.2) is 5.60 Å². The molecule has 0 aliphatic rings. The Hall–Kier alpha value is -3.76. The Balaban J connectivity index is 1.82. The summed E-state index contributed by atoms with van der Waals surface area (Å²) in [5.41, 5.74) is 13.4. The van der Waals surface area contributed by atoms with Crippen LogP contribution >= 0.6 is 0 Å². The van der Waals surface area contributed by atoms with E-state index in [0.717, 1.165) is 16.9 Å². The third kappa shape index (κ3) is 4.50. The Labute approximate surface area is 163 Å². The molecule has 0 saturated carbocycles. The predicted molar refractivity (Wildman–Crippen MR) is 109 cm³/mol. The lowest BCUT2D eigenvalue weighted by atomic mass is 9.95. The van der Waals surface area contributed by atoms with Crippen molar-refractivity contribution in [2.24, 2.45) is 10.2 Å². The summed E-state index contributed by atoms with van der Waals surface area (Å²) in [6.07, 6.45) is 1.49. The lowest BCUT2D eigenvalue weighted by molar-refractivity contribution is 0.0552. The molecular weight excluding hydrogens is 352 g/mol. The lowest BCUT2D eigenvalue weighted by Crippen LogP contribution is -2.22. The molecule has 1 heterocycles. The normalized spacial score (nSPS) is 12.9. The minimum absolute atomic E-state index is 0.109. The first-order chi connectivity index (χ1) is 13.5. The van der Waals surface area contributed by atoms with E-state index in [4.69, 9.17) is 16.2 Å². The van der Waals surface area contributed by atoms with E-state index in [1.807, 2.05) is 61.5 Å². The number of anilines is 2. The minimum atomic E-state index is -0.844. The first-order valence-corrected chi connectivity index (χ1v) is 8.54. The molecule has 28 heavy (non-hydrogen) atoms. The Morgan fingerprint density at radius 2 is 1.61 bits per heavy atom. The lowest BCUT2D eigenvalue weighted by Gasteiger charge is -2.22. The molecule has 0 bridgehead atoms. The molecular formula is C21H20N6O. The summed E-state index contributed by atoms with van der Waals surface area (Å²) < 4.78 is 5.64. The second kappa shape index (κ2) is 8.29. The number of nitrogens with zero attached hydrogens (tertiary/aromatic N) is 4. The van der Waals surface area contributed by atoms with Crippen molar-refractivity contribution in [3.63, 3.8) is 0 Å². The first-order valence-electron chi connectivity index (χ1n) is 8.54. The molecule has 140 valence electrons. The molecule has 7 heteroatoms. The van der Waals surface area contributed by atoms with Crippen LogP contribution in [-0.2, 0) is 10.3 Å². The van der Waals surface area contributed by atoms with Gasteiger partial charge in [-0.15, -0.1) is 0 Å². The number of nitrogens with two attached hydrogens (primary N) is 2. The Morgan fingerprint density at radius 3 is 2.21 bits per heavy atom. The van der Waals surface area contributed by atoms with Gasteiger partial charge in [0, 0.05) is 7.11 Å². The van der Waals surface area contributed by atoms with Gasteiger partial charge in [0.25, 0.3) is 0 Å². The van der Waals surface area contributed by atoms with Crippen molar-refractivity contribution in [3.8, 4) is 11.8 Å². The molecule has 0 saturated heterocycles. The molecule has 2 aromatic carbocycles. The van der Waals surface area contributed by atoms with Gasteiger partial charge >= 0.3 is 0 Å². The minimum Gasteiger partial charge on any atom is -0.382 e. The van der Waals surface area contributed by atoms with E-state index in [1.165, 1.54) is 6.20 Å².